The lowest BCUT2D eigenvalue weighted by Gasteiger charge is -2.08. The number of rotatable bonds is 9. The number of methoxy groups -OCH3 is 1. The Morgan fingerprint density at radius 1 is 1.03 bits per heavy atom. The minimum atomic E-state index is -0.135. The first-order valence-electron chi connectivity index (χ1n) is 11.4. The third-order valence-corrected chi connectivity index (χ3v) is 6.80. The fraction of sp³-hybridized carbons (Fsp3) is 0.185. The van der Waals surface area contributed by atoms with E-state index in [2.05, 4.69) is 15.2 Å². The first-order chi connectivity index (χ1) is 17.6. The molecule has 0 spiro atoms. The number of hydrogen-bond donors (Lipinski definition) is 2. The van der Waals surface area contributed by atoms with Gasteiger partial charge in [0.1, 0.15) is 5.75 Å². The number of amides is 2. The lowest BCUT2D eigenvalue weighted by molar-refractivity contribution is -0.113. The molecule has 2 heterocycles. The predicted molar refractivity (Wildman–Crippen MR) is 139 cm³/mol. The molecule has 4 aromatic rings. The zero-order valence-electron chi connectivity index (χ0n) is 19.7. The zero-order valence-corrected chi connectivity index (χ0v) is 20.5. The van der Waals surface area contributed by atoms with E-state index in [1.54, 1.807) is 49.6 Å². The first kappa shape index (κ1) is 23.6. The molecule has 0 aliphatic carbocycles. The molecule has 0 unspecified atom stereocenters. The van der Waals surface area contributed by atoms with Gasteiger partial charge in [-0.25, -0.2) is 0 Å². The van der Waals surface area contributed by atoms with Gasteiger partial charge in [0.15, 0.2) is 11.5 Å². The molecule has 1 aromatic heterocycles. The van der Waals surface area contributed by atoms with Gasteiger partial charge in [-0.3, -0.25) is 9.59 Å². The minimum absolute atomic E-state index is 0.109. The molecule has 184 valence electrons. The van der Waals surface area contributed by atoms with Gasteiger partial charge in [-0.2, -0.15) is 0 Å². The van der Waals surface area contributed by atoms with Crippen LogP contribution < -0.4 is 24.8 Å². The van der Waals surface area contributed by atoms with Crippen molar-refractivity contribution in [2.45, 2.75) is 11.4 Å². The second-order valence-corrected chi connectivity index (χ2v) is 9.11. The molecule has 0 atom stereocenters. The Labute approximate surface area is 212 Å². The van der Waals surface area contributed by atoms with Crippen LogP contribution in [0, 0.1) is 0 Å². The number of fused-ring (bicyclic) bond motifs is 2. The third-order valence-electron chi connectivity index (χ3n) is 5.76. The van der Waals surface area contributed by atoms with Gasteiger partial charge in [0, 0.05) is 52.4 Å². The van der Waals surface area contributed by atoms with Gasteiger partial charge in [0.25, 0.3) is 5.91 Å². The summed E-state index contributed by atoms with van der Waals surface area (Å²) in [6.45, 7) is 1.27. The number of aromatic nitrogens is 1. The van der Waals surface area contributed by atoms with Crippen LogP contribution in [-0.2, 0) is 11.3 Å². The van der Waals surface area contributed by atoms with Crippen molar-refractivity contribution in [3.63, 3.8) is 0 Å². The molecule has 2 N–H and O–H groups in total. The van der Waals surface area contributed by atoms with Gasteiger partial charge in [0.05, 0.1) is 12.9 Å². The quantitative estimate of drug-likeness (QED) is 0.326. The second-order valence-electron chi connectivity index (χ2n) is 8.09. The van der Waals surface area contributed by atoms with Crippen LogP contribution in [0.4, 0.5) is 5.69 Å². The number of ether oxygens (including phenoxy) is 3. The summed E-state index contributed by atoms with van der Waals surface area (Å²) in [6.07, 6.45) is 2.03. The van der Waals surface area contributed by atoms with E-state index in [4.69, 9.17) is 14.2 Å². The Kier molecular flexibility index (Phi) is 6.99. The van der Waals surface area contributed by atoms with Crippen LogP contribution in [0.25, 0.3) is 10.9 Å². The number of thioether (sulfide) groups is 1. The molecule has 8 nitrogen and oxygen atoms in total. The number of anilines is 1. The molecule has 0 fully saturated rings. The first-order valence-corrected chi connectivity index (χ1v) is 12.4. The van der Waals surface area contributed by atoms with Gasteiger partial charge < -0.3 is 29.4 Å². The summed E-state index contributed by atoms with van der Waals surface area (Å²) >= 11 is 1.48. The predicted octanol–water partition coefficient (Wildman–Crippen LogP) is 4.54. The molecule has 36 heavy (non-hydrogen) atoms. The summed E-state index contributed by atoms with van der Waals surface area (Å²) in [5, 5.41) is 6.94. The number of nitrogens with one attached hydrogen (secondary N) is 2. The monoisotopic (exact) mass is 503 g/mol. The van der Waals surface area contributed by atoms with Crippen molar-refractivity contribution < 1.29 is 23.8 Å². The molecule has 1 aliphatic heterocycles. The van der Waals surface area contributed by atoms with Crippen LogP contribution in [0.2, 0.25) is 0 Å². The number of carbonyl (C=O) groups is 2. The van der Waals surface area contributed by atoms with E-state index in [0.29, 0.717) is 41.6 Å². The van der Waals surface area contributed by atoms with Crippen molar-refractivity contribution in [1.82, 2.24) is 9.88 Å². The molecule has 9 heteroatoms. The van der Waals surface area contributed by atoms with Crippen LogP contribution >= 0.6 is 11.8 Å². The summed E-state index contributed by atoms with van der Waals surface area (Å²) in [4.78, 5) is 26.1. The van der Waals surface area contributed by atoms with Crippen LogP contribution in [0.3, 0.4) is 0 Å². The van der Waals surface area contributed by atoms with Crippen molar-refractivity contribution >= 4 is 40.2 Å². The highest BCUT2D eigenvalue weighted by Crippen LogP contribution is 2.34. The molecule has 0 saturated heterocycles. The Hall–Kier alpha value is -4.11. The van der Waals surface area contributed by atoms with E-state index in [-0.39, 0.29) is 24.4 Å². The summed E-state index contributed by atoms with van der Waals surface area (Å²) in [6, 6.07) is 20.4. The number of benzene rings is 3. The summed E-state index contributed by atoms with van der Waals surface area (Å²) in [5.74, 6) is 2.03. The van der Waals surface area contributed by atoms with E-state index in [0.717, 1.165) is 15.8 Å². The largest absolute Gasteiger partial charge is 0.497 e. The van der Waals surface area contributed by atoms with E-state index >= 15 is 0 Å². The molecular weight excluding hydrogens is 478 g/mol. The summed E-state index contributed by atoms with van der Waals surface area (Å²) in [7, 11) is 1.59. The molecule has 0 saturated carbocycles. The lowest BCUT2D eigenvalue weighted by atomic mass is 10.2. The average Bonchev–Trinajstić information content (AvgIpc) is 3.52. The van der Waals surface area contributed by atoms with Gasteiger partial charge in [-0.05, 0) is 42.5 Å². The summed E-state index contributed by atoms with van der Waals surface area (Å²) < 4.78 is 17.9. The highest BCUT2D eigenvalue weighted by atomic mass is 32.2. The second kappa shape index (κ2) is 10.7. The van der Waals surface area contributed by atoms with Gasteiger partial charge >= 0.3 is 0 Å². The maximum Gasteiger partial charge on any atom is 0.251 e. The number of para-hydroxylation sites is 1. The van der Waals surface area contributed by atoms with Crippen molar-refractivity contribution in [3.8, 4) is 17.2 Å². The third kappa shape index (κ3) is 5.26. The van der Waals surface area contributed by atoms with Crippen molar-refractivity contribution in [3.05, 3.63) is 78.5 Å². The number of carbonyl (C=O) groups excluding carboxylic acids is 2. The van der Waals surface area contributed by atoms with Crippen LogP contribution in [0.1, 0.15) is 10.4 Å². The molecule has 2 amide bonds. The normalized spacial score (nSPS) is 11.9. The van der Waals surface area contributed by atoms with Crippen LogP contribution in [0.15, 0.2) is 77.8 Å². The van der Waals surface area contributed by atoms with E-state index in [9.17, 15) is 9.59 Å². The van der Waals surface area contributed by atoms with Gasteiger partial charge in [0.2, 0.25) is 12.7 Å². The standard InChI is InChI=1S/C27H25N3O5S/c1-33-20-9-6-18(7-10-20)27(32)28-12-13-30-15-25(21-4-2-3-5-22(21)30)36-16-26(31)29-19-8-11-23-24(14-19)35-17-34-23/h2-11,14-15H,12-13,16-17H2,1H3,(H,28,32)(H,29,31). The highest BCUT2D eigenvalue weighted by molar-refractivity contribution is 8.00. The highest BCUT2D eigenvalue weighted by Gasteiger charge is 2.15. The smallest absolute Gasteiger partial charge is 0.251 e. The van der Waals surface area contributed by atoms with Gasteiger partial charge in [-0.15, -0.1) is 11.8 Å². The van der Waals surface area contributed by atoms with Crippen molar-refractivity contribution in [2.24, 2.45) is 0 Å². The molecule has 0 bridgehead atoms. The molecule has 3 aromatic carbocycles. The fourth-order valence-corrected chi connectivity index (χ4v) is 4.85. The van der Waals surface area contributed by atoms with Crippen LogP contribution in [0.5, 0.6) is 17.2 Å². The Morgan fingerprint density at radius 2 is 1.83 bits per heavy atom. The van der Waals surface area contributed by atoms with Crippen LogP contribution in [-0.4, -0.2) is 42.6 Å². The van der Waals surface area contributed by atoms with E-state index in [1.165, 1.54) is 11.8 Å². The van der Waals surface area contributed by atoms with Crippen molar-refractivity contribution in [2.75, 3.05) is 31.5 Å². The fourth-order valence-electron chi connectivity index (χ4n) is 3.96. The van der Waals surface area contributed by atoms with Crippen molar-refractivity contribution in [1.29, 1.82) is 0 Å². The molecule has 0 radical (unpaired) electrons. The average molecular weight is 504 g/mol. The summed E-state index contributed by atoms with van der Waals surface area (Å²) in [5.41, 5.74) is 2.30. The lowest BCUT2D eigenvalue weighted by Crippen LogP contribution is -2.27. The van der Waals surface area contributed by atoms with E-state index < -0.39 is 0 Å². The number of nitrogens with zero attached hydrogens (tertiary/aromatic N) is 1. The Balaban J connectivity index is 1.19. The maximum atomic E-state index is 12.6. The topological polar surface area (TPSA) is 90.8 Å². The zero-order chi connectivity index (χ0) is 24.9. The SMILES string of the molecule is COc1ccc(C(=O)NCCn2cc(SCC(=O)Nc3ccc4c(c3)OCO4)c3ccccc32)cc1. The Morgan fingerprint density at radius 3 is 2.67 bits per heavy atom. The molecule has 5 rings (SSSR count). The molecular formula is C27H25N3O5S. The molecule has 1 aliphatic rings. The maximum absolute atomic E-state index is 12.6. The van der Waals surface area contributed by atoms with Gasteiger partial charge in [-0.1, -0.05) is 18.2 Å². The number of hydrogen-bond acceptors (Lipinski definition) is 6. The minimum Gasteiger partial charge on any atom is -0.497 e. The Bertz CT molecular complexity index is 1400. The van der Waals surface area contributed by atoms with E-state index in [1.807, 2.05) is 30.5 Å².